The van der Waals surface area contributed by atoms with Gasteiger partial charge in [-0.3, -0.25) is 9.59 Å². The van der Waals surface area contributed by atoms with Gasteiger partial charge in [0.2, 0.25) is 5.91 Å². The summed E-state index contributed by atoms with van der Waals surface area (Å²) >= 11 is 0. The highest BCUT2D eigenvalue weighted by Crippen LogP contribution is 2.20. The molecule has 0 bridgehead atoms. The Morgan fingerprint density at radius 3 is 2.48 bits per heavy atom. The zero-order chi connectivity index (χ0) is 16.8. The topological polar surface area (TPSA) is 82.0 Å². The van der Waals surface area contributed by atoms with Crippen molar-refractivity contribution in [2.75, 3.05) is 10.6 Å². The first kappa shape index (κ1) is 16.2. The van der Waals surface area contributed by atoms with Crippen LogP contribution in [0, 0.1) is 25.2 Å². The van der Waals surface area contributed by atoms with E-state index in [0.717, 1.165) is 16.8 Å². The highest BCUT2D eigenvalue weighted by molar-refractivity contribution is 6.10. The molecule has 0 aromatic heterocycles. The Balaban J connectivity index is 2.22. The van der Waals surface area contributed by atoms with Crippen LogP contribution in [0.4, 0.5) is 11.4 Å². The molecule has 2 amide bonds. The third-order valence-corrected chi connectivity index (χ3v) is 3.32. The number of nitriles is 1. The van der Waals surface area contributed by atoms with Gasteiger partial charge in [0.1, 0.15) is 6.42 Å². The molecule has 0 fully saturated rings. The Kier molecular flexibility index (Phi) is 5.11. The first-order valence-electron chi connectivity index (χ1n) is 7.15. The second-order valence-corrected chi connectivity index (χ2v) is 5.20. The minimum atomic E-state index is -0.445. The van der Waals surface area contributed by atoms with Crippen LogP contribution < -0.4 is 10.6 Å². The molecule has 2 N–H and O–H groups in total. The highest BCUT2D eigenvalue weighted by Gasteiger charge is 2.14. The summed E-state index contributed by atoms with van der Waals surface area (Å²) in [5.74, 6) is -0.760. The molecule has 0 unspecified atom stereocenters. The maximum absolute atomic E-state index is 12.5. The average Bonchev–Trinajstić information content (AvgIpc) is 2.50. The summed E-state index contributed by atoms with van der Waals surface area (Å²) in [6, 6.07) is 14.2. The van der Waals surface area contributed by atoms with Gasteiger partial charge in [-0.05, 0) is 37.6 Å². The third-order valence-electron chi connectivity index (χ3n) is 3.32. The summed E-state index contributed by atoms with van der Waals surface area (Å²) in [7, 11) is 0. The molecule has 0 atom stereocenters. The van der Waals surface area contributed by atoms with Crippen molar-refractivity contribution >= 4 is 23.2 Å². The molecule has 2 aromatic rings. The maximum Gasteiger partial charge on any atom is 0.257 e. The summed E-state index contributed by atoms with van der Waals surface area (Å²) < 4.78 is 0. The molecule has 5 heteroatoms. The minimum Gasteiger partial charge on any atom is -0.324 e. The van der Waals surface area contributed by atoms with Crippen molar-refractivity contribution in [1.29, 1.82) is 5.26 Å². The number of anilines is 2. The molecule has 23 heavy (non-hydrogen) atoms. The normalized spacial score (nSPS) is 9.78. The second-order valence-electron chi connectivity index (χ2n) is 5.20. The summed E-state index contributed by atoms with van der Waals surface area (Å²) in [4.78, 5) is 24.1. The molecule has 2 rings (SSSR count). The van der Waals surface area contributed by atoms with E-state index in [2.05, 4.69) is 10.6 Å². The molecule has 0 radical (unpaired) electrons. The van der Waals surface area contributed by atoms with E-state index in [-0.39, 0.29) is 12.3 Å². The maximum atomic E-state index is 12.5. The summed E-state index contributed by atoms with van der Waals surface area (Å²) in [6.07, 6.45) is -0.257. The van der Waals surface area contributed by atoms with Crippen LogP contribution in [0.3, 0.4) is 0 Å². The molecule has 0 aliphatic carbocycles. The van der Waals surface area contributed by atoms with E-state index in [9.17, 15) is 9.59 Å². The van der Waals surface area contributed by atoms with E-state index in [1.165, 1.54) is 0 Å². The lowest BCUT2D eigenvalue weighted by molar-refractivity contribution is -0.115. The number of hydrogen-bond donors (Lipinski definition) is 2. The Bertz CT molecular complexity index is 791. The fraction of sp³-hybridized carbons (Fsp3) is 0.167. The first-order valence-corrected chi connectivity index (χ1v) is 7.15. The zero-order valence-electron chi connectivity index (χ0n) is 13.0. The number of para-hydroxylation sites is 1. The lowest BCUT2D eigenvalue weighted by Gasteiger charge is -2.12. The van der Waals surface area contributed by atoms with Gasteiger partial charge >= 0.3 is 0 Å². The molecule has 116 valence electrons. The SMILES string of the molecule is Cc1ccc(NC(=O)c2ccccc2NC(=O)CC#N)c(C)c1. The Morgan fingerprint density at radius 1 is 1.04 bits per heavy atom. The summed E-state index contributed by atoms with van der Waals surface area (Å²) in [5, 5.41) is 14.0. The average molecular weight is 307 g/mol. The van der Waals surface area contributed by atoms with Crippen molar-refractivity contribution in [1.82, 2.24) is 0 Å². The van der Waals surface area contributed by atoms with Crippen LogP contribution in [-0.4, -0.2) is 11.8 Å². The number of rotatable bonds is 4. The highest BCUT2D eigenvalue weighted by atomic mass is 16.2. The Morgan fingerprint density at radius 2 is 1.78 bits per heavy atom. The van der Waals surface area contributed by atoms with Gasteiger partial charge in [-0.1, -0.05) is 29.8 Å². The molecular formula is C18H17N3O2. The van der Waals surface area contributed by atoms with Crippen LogP contribution in [0.5, 0.6) is 0 Å². The van der Waals surface area contributed by atoms with Gasteiger partial charge < -0.3 is 10.6 Å². The summed E-state index contributed by atoms with van der Waals surface area (Å²) in [5.41, 5.74) is 3.53. The lowest BCUT2D eigenvalue weighted by Crippen LogP contribution is -2.18. The van der Waals surface area contributed by atoms with Gasteiger partial charge in [0.15, 0.2) is 0 Å². The third kappa shape index (κ3) is 4.17. The lowest BCUT2D eigenvalue weighted by atomic mass is 10.1. The fourth-order valence-corrected chi connectivity index (χ4v) is 2.20. The van der Waals surface area contributed by atoms with E-state index >= 15 is 0 Å². The molecule has 0 saturated carbocycles. The number of carbonyl (C=O) groups is 2. The van der Waals surface area contributed by atoms with Crippen molar-refractivity contribution < 1.29 is 9.59 Å². The van der Waals surface area contributed by atoms with Gasteiger partial charge in [-0.25, -0.2) is 0 Å². The fourth-order valence-electron chi connectivity index (χ4n) is 2.20. The predicted molar refractivity (Wildman–Crippen MR) is 89.2 cm³/mol. The van der Waals surface area contributed by atoms with Gasteiger partial charge in [0.25, 0.3) is 5.91 Å². The van der Waals surface area contributed by atoms with Crippen LogP contribution in [0.15, 0.2) is 42.5 Å². The van der Waals surface area contributed by atoms with Crippen LogP contribution in [0.2, 0.25) is 0 Å². The van der Waals surface area contributed by atoms with Crippen LogP contribution in [0.1, 0.15) is 27.9 Å². The van der Waals surface area contributed by atoms with E-state index in [0.29, 0.717) is 11.3 Å². The monoisotopic (exact) mass is 307 g/mol. The largest absolute Gasteiger partial charge is 0.324 e. The molecule has 0 aliphatic heterocycles. The molecule has 0 spiro atoms. The first-order chi connectivity index (χ1) is 11.0. The molecule has 2 aromatic carbocycles. The molecule has 0 aliphatic rings. The number of hydrogen-bond acceptors (Lipinski definition) is 3. The Labute approximate surface area is 134 Å². The molecular weight excluding hydrogens is 290 g/mol. The Hall–Kier alpha value is -3.13. The van der Waals surface area contributed by atoms with Crippen molar-refractivity contribution in [3.05, 3.63) is 59.2 Å². The van der Waals surface area contributed by atoms with Gasteiger partial charge in [0.05, 0.1) is 17.3 Å². The van der Waals surface area contributed by atoms with Gasteiger partial charge in [-0.2, -0.15) is 5.26 Å². The number of nitrogens with zero attached hydrogens (tertiary/aromatic N) is 1. The quantitative estimate of drug-likeness (QED) is 0.908. The smallest absolute Gasteiger partial charge is 0.257 e. The number of carbonyl (C=O) groups excluding carboxylic acids is 2. The minimum absolute atomic E-state index is 0.257. The van der Waals surface area contributed by atoms with Crippen molar-refractivity contribution in [3.8, 4) is 6.07 Å². The molecule has 0 saturated heterocycles. The van der Waals surface area contributed by atoms with E-state index in [1.807, 2.05) is 32.0 Å². The van der Waals surface area contributed by atoms with Crippen molar-refractivity contribution in [2.45, 2.75) is 20.3 Å². The number of benzene rings is 2. The standard InChI is InChI=1S/C18H17N3O2/c1-12-7-8-15(13(2)11-12)21-18(23)14-5-3-4-6-16(14)20-17(22)9-10-19/h3-8,11H,9H2,1-2H3,(H,20,22)(H,21,23). The predicted octanol–water partition coefficient (Wildman–Crippen LogP) is 3.41. The van der Waals surface area contributed by atoms with E-state index in [4.69, 9.17) is 5.26 Å². The second kappa shape index (κ2) is 7.23. The van der Waals surface area contributed by atoms with E-state index < -0.39 is 5.91 Å². The summed E-state index contributed by atoms with van der Waals surface area (Å²) in [6.45, 7) is 3.90. The van der Waals surface area contributed by atoms with Crippen molar-refractivity contribution in [2.24, 2.45) is 0 Å². The molecule has 0 heterocycles. The molecule has 5 nitrogen and oxygen atoms in total. The van der Waals surface area contributed by atoms with Crippen LogP contribution in [-0.2, 0) is 4.79 Å². The zero-order valence-corrected chi connectivity index (χ0v) is 13.0. The van der Waals surface area contributed by atoms with Crippen LogP contribution in [0.25, 0.3) is 0 Å². The number of aryl methyl sites for hydroxylation is 2. The van der Waals surface area contributed by atoms with Crippen LogP contribution >= 0.6 is 0 Å². The number of nitrogens with one attached hydrogen (secondary N) is 2. The van der Waals surface area contributed by atoms with E-state index in [1.54, 1.807) is 30.3 Å². The number of amides is 2. The van der Waals surface area contributed by atoms with Gasteiger partial charge in [-0.15, -0.1) is 0 Å². The van der Waals surface area contributed by atoms with Gasteiger partial charge in [0, 0.05) is 5.69 Å². The van der Waals surface area contributed by atoms with Crippen molar-refractivity contribution in [3.63, 3.8) is 0 Å².